The van der Waals surface area contributed by atoms with Crippen LogP contribution in [0, 0.1) is 0 Å². The monoisotopic (exact) mass is 730 g/mol. The molecule has 0 fully saturated rings. The molecule has 1 heterocycles. The largest absolute Gasteiger partial charge is 0.490 e. The topological polar surface area (TPSA) is 140 Å². The first kappa shape index (κ1) is 32.8. The Morgan fingerprint density at radius 3 is 2.50 bits per heavy atom. The van der Waals surface area contributed by atoms with Crippen molar-refractivity contribution in [2.45, 2.75) is 32.7 Å². The van der Waals surface area contributed by atoms with Gasteiger partial charge in [-0.15, -0.1) is 0 Å². The van der Waals surface area contributed by atoms with Gasteiger partial charge in [0, 0.05) is 10.2 Å². The Balaban J connectivity index is 1.34. The van der Waals surface area contributed by atoms with Gasteiger partial charge in [0.2, 0.25) is 0 Å². The average molecular weight is 732 g/mol. The standard InChI is InChI=1S/C31H32Br2N4O7/c1-4-42-26-14-21(29-28(30(39)41-3)18(2)35-31(40)36-29)8-12-25(26)44-17-27(38)37-34-15-20-7-11-24(23(33)13-20)43-16-19-5-9-22(32)10-6-19/h5-15,27,29,37-38H,4,16-17H2,1-3H3,(H2,35,36,40)/b34-15-/t27-,29-/m1/s1. The molecule has 1 aliphatic heterocycles. The number of amides is 2. The van der Waals surface area contributed by atoms with Crippen LogP contribution in [0.5, 0.6) is 17.2 Å². The molecule has 0 aliphatic carbocycles. The Kier molecular flexibility index (Phi) is 11.6. The van der Waals surface area contributed by atoms with Crippen molar-refractivity contribution in [2.75, 3.05) is 20.3 Å². The highest BCUT2D eigenvalue weighted by molar-refractivity contribution is 9.10. The van der Waals surface area contributed by atoms with Gasteiger partial charge in [-0.25, -0.2) is 9.59 Å². The lowest BCUT2D eigenvalue weighted by molar-refractivity contribution is -0.136. The summed E-state index contributed by atoms with van der Waals surface area (Å²) in [5.41, 5.74) is 5.72. The number of benzene rings is 3. The minimum atomic E-state index is -1.13. The number of nitrogens with one attached hydrogen (secondary N) is 3. The van der Waals surface area contributed by atoms with Crippen LogP contribution in [0.1, 0.15) is 36.6 Å². The molecule has 3 aromatic carbocycles. The maximum absolute atomic E-state index is 12.4. The first-order chi connectivity index (χ1) is 21.2. The zero-order valence-corrected chi connectivity index (χ0v) is 27.4. The third kappa shape index (κ3) is 8.74. The van der Waals surface area contributed by atoms with Gasteiger partial charge in [-0.05, 0) is 88.9 Å². The second-order valence-corrected chi connectivity index (χ2v) is 11.3. The van der Waals surface area contributed by atoms with Crippen LogP contribution >= 0.6 is 31.9 Å². The summed E-state index contributed by atoms with van der Waals surface area (Å²) in [4.78, 5) is 24.6. The molecule has 44 heavy (non-hydrogen) atoms. The van der Waals surface area contributed by atoms with Crippen LogP contribution in [-0.4, -0.2) is 49.9 Å². The van der Waals surface area contributed by atoms with Crippen molar-refractivity contribution in [1.82, 2.24) is 16.1 Å². The van der Waals surface area contributed by atoms with Crippen LogP contribution in [0.15, 0.2) is 86.0 Å². The lowest BCUT2D eigenvalue weighted by atomic mass is 9.95. The third-order valence-electron chi connectivity index (χ3n) is 6.37. The molecule has 1 aliphatic rings. The highest BCUT2D eigenvalue weighted by atomic mass is 79.9. The summed E-state index contributed by atoms with van der Waals surface area (Å²) in [6.07, 6.45) is 0.437. The van der Waals surface area contributed by atoms with Gasteiger partial charge >= 0.3 is 12.0 Å². The highest BCUT2D eigenvalue weighted by Gasteiger charge is 2.32. The maximum Gasteiger partial charge on any atom is 0.337 e. The zero-order chi connectivity index (χ0) is 31.6. The van der Waals surface area contributed by atoms with E-state index in [-0.39, 0.29) is 12.2 Å². The molecular weight excluding hydrogens is 700 g/mol. The average Bonchev–Trinajstić information content (AvgIpc) is 3.00. The summed E-state index contributed by atoms with van der Waals surface area (Å²) in [6.45, 7) is 4.08. The van der Waals surface area contributed by atoms with Gasteiger partial charge in [0.05, 0.1) is 36.0 Å². The van der Waals surface area contributed by atoms with E-state index in [9.17, 15) is 14.7 Å². The zero-order valence-electron chi connectivity index (χ0n) is 24.2. The van der Waals surface area contributed by atoms with Crippen molar-refractivity contribution in [3.8, 4) is 17.2 Å². The molecule has 0 radical (unpaired) electrons. The van der Waals surface area contributed by atoms with Gasteiger partial charge in [-0.3, -0.25) is 5.43 Å². The van der Waals surface area contributed by atoms with Crippen LogP contribution in [0.3, 0.4) is 0 Å². The SMILES string of the molecule is CCOc1cc([C@H]2NC(=O)NC(C)=C2C(=O)OC)ccc1OC[C@@H](O)N/N=C\c1ccc(OCc2ccc(Br)cc2)c(Br)c1. The smallest absolute Gasteiger partial charge is 0.337 e. The lowest BCUT2D eigenvalue weighted by Crippen LogP contribution is -2.45. The molecule has 0 saturated heterocycles. The molecule has 2 amide bonds. The number of ether oxygens (including phenoxy) is 4. The van der Waals surface area contributed by atoms with E-state index in [4.69, 9.17) is 18.9 Å². The number of esters is 1. The van der Waals surface area contributed by atoms with E-state index in [0.717, 1.165) is 20.1 Å². The minimum Gasteiger partial charge on any atom is -0.490 e. The van der Waals surface area contributed by atoms with Crippen LogP contribution < -0.4 is 30.3 Å². The fourth-order valence-corrected chi connectivity index (χ4v) is 5.05. The molecule has 3 aromatic rings. The van der Waals surface area contributed by atoms with E-state index in [1.807, 2.05) is 49.4 Å². The lowest BCUT2D eigenvalue weighted by Gasteiger charge is -2.28. The van der Waals surface area contributed by atoms with Crippen molar-refractivity contribution >= 4 is 50.1 Å². The molecule has 4 N–H and O–H groups in total. The van der Waals surface area contributed by atoms with Gasteiger partial charge in [0.15, 0.2) is 17.7 Å². The predicted octanol–water partition coefficient (Wildman–Crippen LogP) is 5.31. The molecule has 2 atom stereocenters. The Bertz CT molecular complexity index is 1550. The first-order valence-electron chi connectivity index (χ1n) is 13.6. The summed E-state index contributed by atoms with van der Waals surface area (Å²) in [5, 5.41) is 19.9. The summed E-state index contributed by atoms with van der Waals surface area (Å²) in [6, 6.07) is 17.3. The van der Waals surface area contributed by atoms with Crippen LogP contribution in [0.4, 0.5) is 4.79 Å². The number of aliphatic hydroxyl groups is 1. The van der Waals surface area contributed by atoms with E-state index >= 15 is 0 Å². The Labute approximate surface area is 271 Å². The first-order valence-corrected chi connectivity index (χ1v) is 15.2. The summed E-state index contributed by atoms with van der Waals surface area (Å²) in [7, 11) is 1.28. The molecule has 13 heteroatoms. The van der Waals surface area contributed by atoms with E-state index in [1.165, 1.54) is 7.11 Å². The number of carbonyl (C=O) groups is 2. The number of nitrogens with zero attached hydrogens (tertiary/aromatic N) is 1. The normalized spacial score (nSPS) is 15.3. The Morgan fingerprint density at radius 2 is 1.80 bits per heavy atom. The number of hydrogen-bond acceptors (Lipinski definition) is 9. The number of allylic oxidation sites excluding steroid dienone is 1. The number of rotatable bonds is 13. The molecule has 0 bridgehead atoms. The van der Waals surface area contributed by atoms with Crippen LogP contribution in [0.2, 0.25) is 0 Å². The van der Waals surface area contributed by atoms with Gasteiger partial charge < -0.3 is 34.7 Å². The third-order valence-corrected chi connectivity index (χ3v) is 7.52. The fourth-order valence-electron chi connectivity index (χ4n) is 4.28. The van der Waals surface area contributed by atoms with E-state index in [1.54, 1.807) is 31.3 Å². The van der Waals surface area contributed by atoms with Gasteiger partial charge in [-0.1, -0.05) is 34.1 Å². The molecular formula is C31H32Br2N4O7. The molecule has 0 spiro atoms. The van der Waals surface area contributed by atoms with E-state index < -0.39 is 24.3 Å². The fraction of sp³-hybridized carbons (Fsp3) is 0.258. The summed E-state index contributed by atoms with van der Waals surface area (Å²) >= 11 is 6.95. The van der Waals surface area contributed by atoms with Crippen molar-refractivity contribution < 1.29 is 33.6 Å². The van der Waals surface area contributed by atoms with Gasteiger partial charge in [0.25, 0.3) is 0 Å². The molecule has 11 nitrogen and oxygen atoms in total. The van der Waals surface area contributed by atoms with Crippen molar-refractivity contribution in [2.24, 2.45) is 5.10 Å². The second-order valence-electron chi connectivity index (χ2n) is 9.52. The van der Waals surface area contributed by atoms with Crippen molar-refractivity contribution in [3.05, 3.63) is 97.6 Å². The molecule has 4 rings (SSSR count). The number of halogens is 2. The predicted molar refractivity (Wildman–Crippen MR) is 172 cm³/mol. The van der Waals surface area contributed by atoms with Crippen LogP contribution in [-0.2, 0) is 16.1 Å². The van der Waals surface area contributed by atoms with E-state index in [0.29, 0.717) is 41.7 Å². The molecule has 232 valence electrons. The molecule has 0 saturated carbocycles. The molecule has 0 aromatic heterocycles. The quantitative estimate of drug-likeness (QED) is 0.0803. The number of methoxy groups -OCH3 is 1. The number of urea groups is 1. The number of carbonyl (C=O) groups excluding carboxylic acids is 2. The van der Waals surface area contributed by atoms with Gasteiger partial charge in [0.1, 0.15) is 19.0 Å². The number of hydrogen-bond donors (Lipinski definition) is 4. The Hall–Kier alpha value is -4.07. The van der Waals surface area contributed by atoms with Gasteiger partial charge in [-0.2, -0.15) is 5.10 Å². The maximum atomic E-state index is 12.4. The minimum absolute atomic E-state index is 0.139. The summed E-state index contributed by atoms with van der Waals surface area (Å²) < 4.78 is 24.1. The van der Waals surface area contributed by atoms with E-state index in [2.05, 4.69) is 53.0 Å². The second kappa shape index (κ2) is 15.6. The number of hydrazone groups is 1. The number of aliphatic hydroxyl groups excluding tert-OH is 1. The Morgan fingerprint density at radius 1 is 1.05 bits per heavy atom. The van der Waals surface area contributed by atoms with Crippen molar-refractivity contribution in [3.63, 3.8) is 0 Å². The van der Waals surface area contributed by atoms with Crippen LogP contribution in [0.25, 0.3) is 0 Å². The molecule has 0 unspecified atom stereocenters. The van der Waals surface area contributed by atoms with Crippen molar-refractivity contribution in [1.29, 1.82) is 0 Å². The highest BCUT2D eigenvalue weighted by Crippen LogP contribution is 2.35. The summed E-state index contributed by atoms with van der Waals surface area (Å²) in [5.74, 6) is 0.866.